The first-order valence-corrected chi connectivity index (χ1v) is 10.3. The van der Waals surface area contributed by atoms with Gasteiger partial charge in [0.2, 0.25) is 5.91 Å². The highest BCUT2D eigenvalue weighted by Gasteiger charge is 2.39. The van der Waals surface area contributed by atoms with Crippen molar-refractivity contribution in [3.8, 4) is 0 Å². The molecule has 4 heterocycles. The molecule has 13 heteroatoms. The molecule has 1 aliphatic heterocycles. The monoisotopic (exact) mass is 482 g/mol. The van der Waals surface area contributed by atoms with Gasteiger partial charge < -0.3 is 14.8 Å². The van der Waals surface area contributed by atoms with E-state index >= 15 is 0 Å². The third-order valence-corrected chi connectivity index (χ3v) is 5.70. The van der Waals surface area contributed by atoms with Crippen LogP contribution in [0.1, 0.15) is 42.0 Å². The number of fused-ring (bicyclic) bond motifs is 2. The fourth-order valence-corrected chi connectivity index (χ4v) is 3.75. The predicted molar refractivity (Wildman–Crippen MR) is 112 cm³/mol. The molecular formula is C20H18ClF3N6O3. The van der Waals surface area contributed by atoms with E-state index in [1.807, 2.05) is 6.92 Å². The van der Waals surface area contributed by atoms with Crippen molar-refractivity contribution in [2.75, 3.05) is 5.32 Å². The first kappa shape index (κ1) is 22.8. The number of nitrogens with zero attached hydrogens (tertiary/aromatic N) is 5. The van der Waals surface area contributed by atoms with Crippen LogP contribution in [0, 0.1) is 0 Å². The van der Waals surface area contributed by atoms with Crippen molar-refractivity contribution >= 4 is 34.9 Å². The van der Waals surface area contributed by atoms with Crippen LogP contribution in [0.15, 0.2) is 29.2 Å². The zero-order valence-corrected chi connectivity index (χ0v) is 18.2. The normalized spacial score (nSPS) is 14.6. The van der Waals surface area contributed by atoms with Gasteiger partial charge >= 0.3 is 6.18 Å². The second kappa shape index (κ2) is 8.18. The van der Waals surface area contributed by atoms with Crippen LogP contribution in [0.4, 0.5) is 19.0 Å². The number of anilines is 1. The highest BCUT2D eigenvalue weighted by Crippen LogP contribution is 2.30. The van der Waals surface area contributed by atoms with Crippen molar-refractivity contribution in [3.05, 3.63) is 56.7 Å². The minimum absolute atomic E-state index is 0.0120. The minimum atomic E-state index is -4.82. The lowest BCUT2D eigenvalue weighted by Gasteiger charge is -2.22. The maximum absolute atomic E-state index is 13.3. The Balaban J connectivity index is 1.83. The summed E-state index contributed by atoms with van der Waals surface area (Å²) in [5.41, 5.74) is -2.58. The van der Waals surface area contributed by atoms with E-state index < -0.39 is 35.8 Å². The van der Waals surface area contributed by atoms with Gasteiger partial charge in [-0.05, 0) is 25.5 Å². The van der Waals surface area contributed by atoms with E-state index in [2.05, 4.69) is 15.4 Å². The number of pyridine rings is 1. The maximum atomic E-state index is 13.3. The molecule has 1 N–H and O–H groups in total. The van der Waals surface area contributed by atoms with Crippen LogP contribution < -0.4 is 10.9 Å². The number of alkyl halides is 3. The third-order valence-electron chi connectivity index (χ3n) is 5.48. The summed E-state index contributed by atoms with van der Waals surface area (Å²) in [7, 11) is 0. The van der Waals surface area contributed by atoms with E-state index in [4.69, 9.17) is 11.6 Å². The summed E-state index contributed by atoms with van der Waals surface area (Å²) in [5.74, 6) is -1.04. The van der Waals surface area contributed by atoms with Gasteiger partial charge in [-0.1, -0.05) is 18.5 Å². The lowest BCUT2D eigenvalue weighted by molar-refractivity contribution is -0.141. The van der Waals surface area contributed by atoms with E-state index in [1.165, 1.54) is 23.2 Å². The molecule has 33 heavy (non-hydrogen) atoms. The van der Waals surface area contributed by atoms with Gasteiger partial charge in [0.15, 0.2) is 5.69 Å². The highest BCUT2D eigenvalue weighted by atomic mass is 35.5. The quantitative estimate of drug-likeness (QED) is 0.602. The average Bonchev–Trinajstić information content (AvgIpc) is 3.35. The number of carbonyl (C=O) groups excluding carboxylic acids is 2. The molecule has 0 saturated heterocycles. The lowest BCUT2D eigenvalue weighted by atomic mass is 10.2. The summed E-state index contributed by atoms with van der Waals surface area (Å²) in [6.45, 7) is 3.03. The van der Waals surface area contributed by atoms with Crippen molar-refractivity contribution in [2.45, 2.75) is 45.6 Å². The summed E-state index contributed by atoms with van der Waals surface area (Å²) in [6, 6.07) is 3.37. The van der Waals surface area contributed by atoms with Crippen LogP contribution in [0.2, 0.25) is 5.02 Å². The fraction of sp³-hybridized carbons (Fsp3) is 0.350. The Morgan fingerprint density at radius 2 is 2.03 bits per heavy atom. The Hall–Kier alpha value is -3.41. The van der Waals surface area contributed by atoms with Gasteiger partial charge in [-0.25, -0.2) is 4.98 Å². The third kappa shape index (κ3) is 4.06. The summed E-state index contributed by atoms with van der Waals surface area (Å²) in [4.78, 5) is 44.2. The zero-order valence-electron chi connectivity index (χ0n) is 17.5. The molecule has 0 aliphatic carbocycles. The van der Waals surface area contributed by atoms with E-state index in [0.29, 0.717) is 22.0 Å². The Kier molecular flexibility index (Phi) is 5.64. The topological polar surface area (TPSA) is 102 Å². The maximum Gasteiger partial charge on any atom is 0.435 e. The Bertz CT molecular complexity index is 1320. The summed E-state index contributed by atoms with van der Waals surface area (Å²) >= 11 is 5.78. The van der Waals surface area contributed by atoms with Crippen molar-refractivity contribution in [2.24, 2.45) is 0 Å². The van der Waals surface area contributed by atoms with Gasteiger partial charge in [0, 0.05) is 18.3 Å². The highest BCUT2D eigenvalue weighted by molar-refractivity contribution is 6.30. The number of carbonyl (C=O) groups is 2. The molecule has 0 unspecified atom stereocenters. The fourth-order valence-electron chi connectivity index (χ4n) is 3.64. The van der Waals surface area contributed by atoms with Gasteiger partial charge in [-0.2, -0.15) is 22.8 Å². The molecule has 0 fully saturated rings. The SMILES string of the molecule is CC[C@@H](C)N1Cc2c(n(CC(=O)Nc3ccc(Cl)cn3)c3cc(C(F)(F)F)nn3c2=O)C1=O. The molecule has 0 saturated carbocycles. The van der Waals surface area contributed by atoms with Gasteiger partial charge in [-0.15, -0.1) is 0 Å². The number of hydrogen-bond donors (Lipinski definition) is 1. The van der Waals surface area contributed by atoms with Crippen molar-refractivity contribution in [1.29, 1.82) is 0 Å². The van der Waals surface area contributed by atoms with Gasteiger partial charge in [-0.3, -0.25) is 14.4 Å². The first-order valence-electron chi connectivity index (χ1n) is 9.96. The lowest BCUT2D eigenvalue weighted by Crippen LogP contribution is -2.34. The summed E-state index contributed by atoms with van der Waals surface area (Å²) < 4.78 is 41.6. The molecule has 0 bridgehead atoms. The smallest absolute Gasteiger partial charge is 0.330 e. The molecule has 1 aliphatic rings. The molecule has 3 aromatic rings. The van der Waals surface area contributed by atoms with Crippen LogP contribution in [-0.2, 0) is 24.1 Å². The second-order valence-electron chi connectivity index (χ2n) is 7.62. The minimum Gasteiger partial charge on any atom is -0.330 e. The number of nitrogens with one attached hydrogen (secondary N) is 1. The number of halogens is 4. The molecule has 0 aromatic carbocycles. The largest absolute Gasteiger partial charge is 0.435 e. The first-order chi connectivity index (χ1) is 15.5. The zero-order chi connectivity index (χ0) is 24.1. The molecule has 4 rings (SSSR count). The molecule has 174 valence electrons. The van der Waals surface area contributed by atoms with E-state index in [1.54, 1.807) is 6.92 Å². The van der Waals surface area contributed by atoms with E-state index in [9.17, 15) is 27.6 Å². The Morgan fingerprint density at radius 1 is 1.30 bits per heavy atom. The van der Waals surface area contributed by atoms with Crippen molar-refractivity contribution in [1.82, 2.24) is 24.1 Å². The number of hydrogen-bond acceptors (Lipinski definition) is 5. The Labute approximate surface area is 189 Å². The average molecular weight is 483 g/mol. The molecule has 0 spiro atoms. The van der Waals surface area contributed by atoms with Crippen LogP contribution in [0.3, 0.4) is 0 Å². The van der Waals surface area contributed by atoms with Crippen LogP contribution >= 0.6 is 11.6 Å². The van der Waals surface area contributed by atoms with Gasteiger partial charge in [0.05, 0.1) is 17.1 Å². The van der Waals surface area contributed by atoms with Crippen molar-refractivity contribution in [3.63, 3.8) is 0 Å². The number of amides is 2. The van der Waals surface area contributed by atoms with Crippen LogP contribution in [0.25, 0.3) is 5.65 Å². The van der Waals surface area contributed by atoms with Gasteiger partial charge in [0.25, 0.3) is 11.5 Å². The molecule has 9 nitrogen and oxygen atoms in total. The number of aromatic nitrogens is 4. The summed E-state index contributed by atoms with van der Waals surface area (Å²) in [5, 5.41) is 6.26. The van der Waals surface area contributed by atoms with Crippen LogP contribution in [-0.4, -0.2) is 41.9 Å². The predicted octanol–water partition coefficient (Wildman–Crippen LogP) is 2.96. The standard InChI is InChI=1S/C20H18ClF3N6O3/c1-3-10(2)28-8-12-17(19(28)33)29(9-15(31)26-14-5-4-11(21)7-25-14)16-6-13(20(22,23)24)27-30(16)18(12)32/h4-7,10H,3,8-9H2,1-2H3,(H,25,26,31)/t10-/m1/s1. The number of rotatable bonds is 5. The second-order valence-corrected chi connectivity index (χ2v) is 8.05. The molecule has 3 aromatic heterocycles. The van der Waals surface area contributed by atoms with Crippen LogP contribution in [0.5, 0.6) is 0 Å². The van der Waals surface area contributed by atoms with E-state index in [-0.39, 0.29) is 35.3 Å². The van der Waals surface area contributed by atoms with Gasteiger partial charge in [0.1, 0.15) is 23.7 Å². The van der Waals surface area contributed by atoms with E-state index in [0.717, 1.165) is 4.57 Å². The van der Waals surface area contributed by atoms with Crippen molar-refractivity contribution < 1.29 is 22.8 Å². The summed E-state index contributed by atoms with van der Waals surface area (Å²) in [6.07, 6.45) is -2.90. The Morgan fingerprint density at radius 3 is 2.64 bits per heavy atom. The molecule has 0 radical (unpaired) electrons. The molecule has 2 amide bonds. The molecule has 1 atom stereocenters. The molecular weight excluding hydrogens is 465 g/mol.